The van der Waals surface area contributed by atoms with Crippen molar-refractivity contribution in [2.45, 2.75) is 136 Å². The van der Waals surface area contributed by atoms with Crippen molar-refractivity contribution in [3.05, 3.63) is 77.4 Å². The number of carbonyl (C=O) groups is 2. The van der Waals surface area contributed by atoms with Gasteiger partial charge in [-0.1, -0.05) is 62.4 Å². The minimum absolute atomic E-state index is 0.195. The fourth-order valence-corrected chi connectivity index (χ4v) is 8.71. The minimum atomic E-state index is -0.841. The third kappa shape index (κ3) is 9.82. The van der Waals surface area contributed by atoms with Crippen molar-refractivity contribution < 1.29 is 19.1 Å². The van der Waals surface area contributed by atoms with Crippen LogP contribution in [-0.2, 0) is 35.2 Å². The molecule has 3 aromatic rings. The number of aromatic nitrogens is 2. The van der Waals surface area contributed by atoms with Crippen molar-refractivity contribution >= 4 is 12.1 Å². The van der Waals surface area contributed by atoms with Crippen LogP contribution in [-0.4, -0.2) is 57.8 Å². The van der Waals surface area contributed by atoms with Gasteiger partial charge >= 0.3 is 12.1 Å². The number of esters is 1. The van der Waals surface area contributed by atoms with Gasteiger partial charge in [-0.15, -0.1) is 0 Å². The van der Waals surface area contributed by atoms with Gasteiger partial charge in [0, 0.05) is 30.4 Å². The van der Waals surface area contributed by atoms with Gasteiger partial charge < -0.3 is 24.3 Å². The van der Waals surface area contributed by atoms with Crippen LogP contribution < -0.4 is 10.1 Å². The van der Waals surface area contributed by atoms with Crippen LogP contribution in [0.2, 0.25) is 0 Å². The molecule has 1 aromatic heterocycles. The Kier molecular flexibility index (Phi) is 12.2. The van der Waals surface area contributed by atoms with E-state index in [2.05, 4.69) is 39.9 Å². The smallest absolute Gasteiger partial charge is 0.407 e. The van der Waals surface area contributed by atoms with Crippen LogP contribution >= 0.6 is 0 Å². The SMILES string of the molecule is CC(C[C@@](CCCNC(=O)OC(C)(C)C)(Cc1ncn2c1CCc1cc(CCC3CCCCC3)ccc1-2)C(=O)Oc1ccccc1)N1CCCC1. The molecular formula is C43H60N4O4. The van der Waals surface area contributed by atoms with Gasteiger partial charge in [-0.2, -0.15) is 0 Å². The summed E-state index contributed by atoms with van der Waals surface area (Å²) in [6.45, 7) is 10.3. The number of hydrogen-bond donors (Lipinski definition) is 1. The third-order valence-electron chi connectivity index (χ3n) is 11.4. The summed E-state index contributed by atoms with van der Waals surface area (Å²) in [5.41, 5.74) is 4.79. The highest BCUT2D eigenvalue weighted by atomic mass is 16.6. The van der Waals surface area contributed by atoms with Crippen molar-refractivity contribution in [3.8, 4) is 11.4 Å². The highest BCUT2D eigenvalue weighted by molar-refractivity contribution is 5.80. The summed E-state index contributed by atoms with van der Waals surface area (Å²) < 4.78 is 14.0. The number of rotatable bonds is 14. The van der Waals surface area contributed by atoms with E-state index >= 15 is 0 Å². The first-order chi connectivity index (χ1) is 24.6. The number of likely N-dealkylation sites (tertiary alicyclic amines) is 1. The Morgan fingerprint density at radius 3 is 2.49 bits per heavy atom. The number of aryl methyl sites for hydroxylation is 2. The largest absolute Gasteiger partial charge is 0.444 e. The molecule has 0 radical (unpaired) electrons. The van der Waals surface area contributed by atoms with Crippen molar-refractivity contribution in [1.82, 2.24) is 19.8 Å². The van der Waals surface area contributed by atoms with Crippen molar-refractivity contribution in [3.63, 3.8) is 0 Å². The quantitative estimate of drug-likeness (QED) is 0.103. The monoisotopic (exact) mass is 696 g/mol. The number of hydrogen-bond acceptors (Lipinski definition) is 6. The van der Waals surface area contributed by atoms with Crippen LogP contribution in [0.15, 0.2) is 54.9 Å². The number of imidazole rings is 1. The molecule has 2 aromatic carbocycles. The Morgan fingerprint density at radius 1 is 0.980 bits per heavy atom. The van der Waals surface area contributed by atoms with Crippen LogP contribution in [0, 0.1) is 11.3 Å². The topological polar surface area (TPSA) is 85.7 Å². The van der Waals surface area contributed by atoms with E-state index in [-0.39, 0.29) is 12.0 Å². The van der Waals surface area contributed by atoms with E-state index < -0.39 is 17.1 Å². The van der Waals surface area contributed by atoms with E-state index in [1.165, 1.54) is 73.9 Å². The predicted molar refractivity (Wildman–Crippen MR) is 202 cm³/mol. The zero-order valence-corrected chi connectivity index (χ0v) is 31.6. The Bertz CT molecular complexity index is 1600. The number of nitrogens with zero attached hydrogens (tertiary/aromatic N) is 3. The molecule has 2 aliphatic heterocycles. The molecule has 1 saturated carbocycles. The summed E-state index contributed by atoms with van der Waals surface area (Å²) in [4.78, 5) is 34.7. The van der Waals surface area contributed by atoms with Crippen LogP contribution in [0.3, 0.4) is 0 Å². The van der Waals surface area contributed by atoms with Gasteiger partial charge in [0.1, 0.15) is 11.4 Å². The van der Waals surface area contributed by atoms with Gasteiger partial charge in [-0.25, -0.2) is 9.78 Å². The number of para-hydroxylation sites is 1. The second kappa shape index (κ2) is 16.8. The third-order valence-corrected chi connectivity index (χ3v) is 11.4. The fourth-order valence-electron chi connectivity index (χ4n) is 8.71. The zero-order valence-electron chi connectivity index (χ0n) is 31.6. The lowest BCUT2D eigenvalue weighted by Gasteiger charge is -2.37. The molecule has 2 fully saturated rings. The molecule has 51 heavy (non-hydrogen) atoms. The van der Waals surface area contributed by atoms with Gasteiger partial charge in [0.25, 0.3) is 0 Å². The molecule has 1 N–H and O–H groups in total. The summed E-state index contributed by atoms with van der Waals surface area (Å²) in [6.07, 6.45) is 17.5. The fraction of sp³-hybridized carbons (Fsp3) is 0.605. The van der Waals surface area contributed by atoms with Crippen LogP contribution in [0.25, 0.3) is 5.69 Å². The number of alkyl carbamates (subject to hydrolysis) is 1. The average Bonchev–Trinajstić information content (AvgIpc) is 3.80. The van der Waals surface area contributed by atoms with E-state index in [9.17, 15) is 9.59 Å². The van der Waals surface area contributed by atoms with Crippen molar-refractivity contribution in [2.75, 3.05) is 19.6 Å². The number of carbonyl (C=O) groups excluding carboxylic acids is 2. The molecule has 3 aliphatic rings. The van der Waals surface area contributed by atoms with Gasteiger partial charge in [0.15, 0.2) is 0 Å². The predicted octanol–water partition coefficient (Wildman–Crippen LogP) is 8.80. The maximum Gasteiger partial charge on any atom is 0.407 e. The Labute approximate surface area is 305 Å². The highest BCUT2D eigenvalue weighted by Crippen LogP contribution is 2.40. The van der Waals surface area contributed by atoms with Gasteiger partial charge in [0.2, 0.25) is 0 Å². The lowest BCUT2D eigenvalue weighted by Crippen LogP contribution is -2.44. The van der Waals surface area contributed by atoms with Crippen LogP contribution in [0.4, 0.5) is 4.79 Å². The molecule has 0 bridgehead atoms. The van der Waals surface area contributed by atoms with Gasteiger partial charge in [-0.05, 0) is 134 Å². The zero-order chi connectivity index (χ0) is 35.8. The molecule has 2 atom stereocenters. The molecule has 1 saturated heterocycles. The molecule has 1 amide bonds. The van der Waals surface area contributed by atoms with Crippen molar-refractivity contribution in [1.29, 1.82) is 0 Å². The number of benzene rings is 2. The maximum atomic E-state index is 14.6. The molecule has 8 heteroatoms. The van der Waals surface area contributed by atoms with E-state index in [4.69, 9.17) is 14.5 Å². The molecule has 8 nitrogen and oxygen atoms in total. The van der Waals surface area contributed by atoms with E-state index in [0.29, 0.717) is 38.0 Å². The summed E-state index contributed by atoms with van der Waals surface area (Å²) >= 11 is 0. The normalized spacial score (nSPS) is 18.4. The number of nitrogens with one attached hydrogen (secondary N) is 1. The molecular weight excluding hydrogens is 636 g/mol. The first-order valence-electron chi connectivity index (χ1n) is 19.7. The van der Waals surface area contributed by atoms with Crippen LogP contribution in [0.5, 0.6) is 5.75 Å². The first kappa shape index (κ1) is 37.1. The highest BCUT2D eigenvalue weighted by Gasteiger charge is 2.44. The lowest BCUT2D eigenvalue weighted by molar-refractivity contribution is -0.148. The Balaban J connectivity index is 1.25. The minimum Gasteiger partial charge on any atom is -0.444 e. The molecule has 0 spiro atoms. The Morgan fingerprint density at radius 2 is 1.75 bits per heavy atom. The van der Waals surface area contributed by atoms with Gasteiger partial charge in [-0.3, -0.25) is 4.79 Å². The number of amides is 1. The first-order valence-corrected chi connectivity index (χ1v) is 19.7. The molecule has 1 aliphatic carbocycles. The number of ether oxygens (including phenoxy) is 2. The van der Waals surface area contributed by atoms with E-state index in [1.54, 1.807) is 0 Å². The average molecular weight is 697 g/mol. The maximum absolute atomic E-state index is 14.6. The summed E-state index contributed by atoms with van der Waals surface area (Å²) in [6, 6.07) is 16.6. The summed E-state index contributed by atoms with van der Waals surface area (Å²) in [5.74, 6) is 1.21. The van der Waals surface area contributed by atoms with E-state index in [1.807, 2.05) is 57.4 Å². The Hall–Kier alpha value is -3.65. The van der Waals surface area contributed by atoms with Crippen LogP contribution in [0.1, 0.15) is 121 Å². The molecule has 276 valence electrons. The standard InChI is InChI=1S/C43H60N4O4/c1-32(46-26-11-12-27-46)29-43(40(48)50-36-16-9-6-10-17-36,24-13-25-44-41(49)51-42(2,3)4)30-37-39-23-21-35-28-34(19-18-33-14-7-5-8-15-33)20-22-38(35)47(39)31-45-37/h6,9-10,16-17,20,22,28,31-33H,5,7-8,11-15,18-19,21,23-27,29-30H2,1-4H3,(H,44,49)/t32?,43-/m0/s1. The summed E-state index contributed by atoms with van der Waals surface area (Å²) in [5, 5.41) is 2.92. The molecule has 3 heterocycles. The molecule has 6 rings (SSSR count). The van der Waals surface area contributed by atoms with E-state index in [0.717, 1.165) is 44.0 Å². The second-order valence-electron chi connectivity index (χ2n) is 16.5. The lowest BCUT2D eigenvalue weighted by atomic mass is 9.73. The summed E-state index contributed by atoms with van der Waals surface area (Å²) in [7, 11) is 0. The second-order valence-corrected chi connectivity index (χ2v) is 16.5. The van der Waals surface area contributed by atoms with Gasteiger partial charge in [0.05, 0.1) is 17.4 Å². The molecule has 1 unspecified atom stereocenters. The van der Waals surface area contributed by atoms with Crippen molar-refractivity contribution in [2.24, 2.45) is 11.3 Å². The number of fused-ring (bicyclic) bond motifs is 3.